The molecule has 0 saturated carbocycles. The van der Waals surface area contributed by atoms with Gasteiger partial charge in [-0.05, 0) is 40.6 Å². The van der Waals surface area contributed by atoms with E-state index in [1.165, 1.54) is 0 Å². The van der Waals surface area contributed by atoms with E-state index in [-0.39, 0.29) is 6.42 Å². The highest BCUT2D eigenvalue weighted by atomic mass is 35.5. The molecule has 4 nitrogen and oxygen atoms in total. The Morgan fingerprint density at radius 2 is 1.58 bits per heavy atom. The fourth-order valence-electron chi connectivity index (χ4n) is 2.70. The highest BCUT2D eigenvalue weighted by molar-refractivity contribution is 6.36. The van der Waals surface area contributed by atoms with Gasteiger partial charge in [-0.3, -0.25) is 4.79 Å². The van der Waals surface area contributed by atoms with Crippen molar-refractivity contribution in [3.8, 4) is 0 Å². The van der Waals surface area contributed by atoms with Crippen LogP contribution in [-0.2, 0) is 11.2 Å². The van der Waals surface area contributed by atoms with Gasteiger partial charge in [0.25, 0.3) is 5.91 Å². The van der Waals surface area contributed by atoms with Crippen molar-refractivity contribution in [3.05, 3.63) is 81.8 Å². The Hall–Kier alpha value is -2.56. The van der Waals surface area contributed by atoms with Gasteiger partial charge in [0.05, 0.1) is 0 Å². The number of amides is 1. The molecule has 0 unspecified atom stereocenters. The topological polar surface area (TPSA) is 66.4 Å². The van der Waals surface area contributed by atoms with Crippen LogP contribution < -0.4 is 5.32 Å². The van der Waals surface area contributed by atoms with Crippen molar-refractivity contribution >= 4 is 45.9 Å². The number of carboxylic acids is 1. The Morgan fingerprint density at radius 1 is 0.923 bits per heavy atom. The van der Waals surface area contributed by atoms with Crippen LogP contribution in [0.5, 0.6) is 0 Å². The van der Waals surface area contributed by atoms with Crippen molar-refractivity contribution in [1.82, 2.24) is 5.32 Å². The third-order valence-electron chi connectivity index (χ3n) is 4.09. The monoisotopic (exact) mass is 387 g/mol. The minimum atomic E-state index is -1.16. The number of carboxylic acid groups (broad SMARTS) is 1. The number of halogens is 2. The maximum atomic E-state index is 12.5. The third kappa shape index (κ3) is 3.98. The lowest BCUT2D eigenvalue weighted by molar-refractivity contribution is -0.139. The summed E-state index contributed by atoms with van der Waals surface area (Å²) in [4.78, 5) is 24.1. The van der Waals surface area contributed by atoms with Crippen LogP contribution in [0.2, 0.25) is 10.0 Å². The molecule has 0 aromatic heterocycles. The van der Waals surface area contributed by atoms with Crippen molar-refractivity contribution < 1.29 is 14.7 Å². The summed E-state index contributed by atoms with van der Waals surface area (Å²) >= 11 is 12.2. The molecule has 1 atom stereocenters. The number of fused-ring (bicyclic) bond motifs is 1. The number of aliphatic carboxylic acids is 1. The molecular formula is C20H15Cl2NO3. The molecule has 0 spiro atoms. The fraction of sp³-hybridized carbons (Fsp3) is 0.100. The highest BCUT2D eigenvalue weighted by Crippen LogP contribution is 2.25. The molecule has 0 aliphatic carbocycles. The maximum Gasteiger partial charge on any atom is 0.326 e. The SMILES string of the molecule is O=C(N[C@H](Cc1c(Cl)cccc1Cl)C(=O)O)c1ccc2ccccc2c1. The molecule has 0 radical (unpaired) electrons. The van der Waals surface area contributed by atoms with Gasteiger partial charge < -0.3 is 10.4 Å². The number of hydrogen-bond donors (Lipinski definition) is 2. The number of nitrogens with one attached hydrogen (secondary N) is 1. The van der Waals surface area contributed by atoms with E-state index in [0.29, 0.717) is 21.2 Å². The van der Waals surface area contributed by atoms with Gasteiger partial charge in [0, 0.05) is 22.0 Å². The Kier molecular flexibility index (Phi) is 5.45. The zero-order valence-electron chi connectivity index (χ0n) is 13.6. The minimum Gasteiger partial charge on any atom is -0.480 e. The first-order chi connectivity index (χ1) is 12.5. The summed E-state index contributed by atoms with van der Waals surface area (Å²) < 4.78 is 0. The molecule has 6 heteroatoms. The van der Waals surface area contributed by atoms with E-state index < -0.39 is 17.9 Å². The number of rotatable bonds is 5. The van der Waals surface area contributed by atoms with Crippen molar-refractivity contribution in [2.24, 2.45) is 0 Å². The molecule has 0 aliphatic heterocycles. The number of carbonyl (C=O) groups excluding carboxylic acids is 1. The number of hydrogen-bond acceptors (Lipinski definition) is 2. The molecule has 2 N–H and O–H groups in total. The van der Waals surface area contributed by atoms with Gasteiger partial charge in [0.15, 0.2) is 0 Å². The van der Waals surface area contributed by atoms with Gasteiger partial charge in [-0.2, -0.15) is 0 Å². The smallest absolute Gasteiger partial charge is 0.326 e. The Morgan fingerprint density at radius 3 is 2.23 bits per heavy atom. The third-order valence-corrected chi connectivity index (χ3v) is 4.79. The molecule has 1 amide bonds. The first-order valence-corrected chi connectivity index (χ1v) is 8.66. The summed E-state index contributed by atoms with van der Waals surface area (Å²) in [5.74, 6) is -1.62. The molecule has 0 heterocycles. The second kappa shape index (κ2) is 7.77. The molecule has 3 rings (SSSR count). The van der Waals surface area contributed by atoms with Crippen LogP contribution in [0.25, 0.3) is 10.8 Å². The van der Waals surface area contributed by atoms with Crippen LogP contribution in [0.4, 0.5) is 0 Å². The molecule has 0 fully saturated rings. The van der Waals surface area contributed by atoms with Crippen molar-refractivity contribution in [3.63, 3.8) is 0 Å². The summed E-state index contributed by atoms with van der Waals surface area (Å²) in [5.41, 5.74) is 0.877. The van der Waals surface area contributed by atoms with Gasteiger partial charge in [-0.1, -0.05) is 59.6 Å². The van der Waals surface area contributed by atoms with Gasteiger partial charge >= 0.3 is 5.97 Å². The minimum absolute atomic E-state index is 0.00678. The van der Waals surface area contributed by atoms with Crippen molar-refractivity contribution in [2.45, 2.75) is 12.5 Å². The van der Waals surface area contributed by atoms with Crippen LogP contribution in [0.1, 0.15) is 15.9 Å². The van der Waals surface area contributed by atoms with Gasteiger partial charge in [0.2, 0.25) is 0 Å². The van der Waals surface area contributed by atoms with E-state index in [4.69, 9.17) is 23.2 Å². The van der Waals surface area contributed by atoms with Crippen LogP contribution in [0.15, 0.2) is 60.7 Å². The lowest BCUT2D eigenvalue weighted by Gasteiger charge is -2.16. The normalized spacial score (nSPS) is 11.9. The predicted molar refractivity (Wildman–Crippen MR) is 103 cm³/mol. The fourth-order valence-corrected chi connectivity index (χ4v) is 3.26. The van der Waals surface area contributed by atoms with Crippen molar-refractivity contribution in [2.75, 3.05) is 0 Å². The van der Waals surface area contributed by atoms with E-state index in [0.717, 1.165) is 10.8 Å². The zero-order valence-corrected chi connectivity index (χ0v) is 15.1. The van der Waals surface area contributed by atoms with E-state index in [2.05, 4.69) is 5.32 Å². The second-order valence-corrected chi connectivity index (χ2v) is 6.64. The van der Waals surface area contributed by atoms with Crippen LogP contribution in [-0.4, -0.2) is 23.0 Å². The number of benzene rings is 3. The zero-order chi connectivity index (χ0) is 18.7. The first kappa shape index (κ1) is 18.2. The number of carbonyl (C=O) groups is 2. The highest BCUT2D eigenvalue weighted by Gasteiger charge is 2.23. The molecule has 0 saturated heterocycles. The van der Waals surface area contributed by atoms with Gasteiger partial charge in [-0.15, -0.1) is 0 Å². The van der Waals surface area contributed by atoms with E-state index in [1.807, 2.05) is 30.3 Å². The lowest BCUT2D eigenvalue weighted by atomic mass is 10.0. The van der Waals surface area contributed by atoms with E-state index >= 15 is 0 Å². The van der Waals surface area contributed by atoms with Crippen molar-refractivity contribution in [1.29, 1.82) is 0 Å². The Labute approximate surface area is 160 Å². The van der Waals surface area contributed by atoms with E-state index in [1.54, 1.807) is 30.3 Å². The van der Waals surface area contributed by atoms with Crippen LogP contribution >= 0.6 is 23.2 Å². The standard InChI is InChI=1S/C20H15Cl2NO3/c21-16-6-3-7-17(22)15(16)11-18(20(25)26)23-19(24)14-9-8-12-4-1-2-5-13(12)10-14/h1-10,18H,11H2,(H,23,24)(H,25,26)/t18-/m1/s1. The van der Waals surface area contributed by atoms with Crippen LogP contribution in [0, 0.1) is 0 Å². The van der Waals surface area contributed by atoms with E-state index in [9.17, 15) is 14.7 Å². The molecule has 26 heavy (non-hydrogen) atoms. The molecule has 0 bridgehead atoms. The molecule has 3 aromatic rings. The van der Waals surface area contributed by atoms with Gasteiger partial charge in [-0.25, -0.2) is 4.79 Å². The van der Waals surface area contributed by atoms with Crippen LogP contribution in [0.3, 0.4) is 0 Å². The Bertz CT molecular complexity index is 967. The molecule has 0 aliphatic rings. The lowest BCUT2D eigenvalue weighted by Crippen LogP contribution is -2.42. The summed E-state index contributed by atoms with van der Waals surface area (Å²) in [6.45, 7) is 0. The summed E-state index contributed by atoms with van der Waals surface area (Å²) in [6, 6.07) is 16.6. The Balaban J connectivity index is 1.83. The second-order valence-electron chi connectivity index (χ2n) is 5.83. The summed E-state index contributed by atoms with van der Waals surface area (Å²) in [5, 5.41) is 14.7. The van der Waals surface area contributed by atoms with Gasteiger partial charge in [0.1, 0.15) is 6.04 Å². The quantitative estimate of drug-likeness (QED) is 0.673. The largest absolute Gasteiger partial charge is 0.480 e. The first-order valence-electron chi connectivity index (χ1n) is 7.91. The summed E-state index contributed by atoms with van der Waals surface area (Å²) in [6.07, 6.45) is -0.00678. The predicted octanol–water partition coefficient (Wildman–Crippen LogP) is 4.57. The summed E-state index contributed by atoms with van der Waals surface area (Å²) in [7, 11) is 0. The molecular weight excluding hydrogens is 373 g/mol. The molecule has 3 aromatic carbocycles. The average Bonchev–Trinajstić information content (AvgIpc) is 2.63. The average molecular weight is 388 g/mol. The maximum absolute atomic E-state index is 12.5. The molecule has 132 valence electrons.